The maximum atomic E-state index is 15.4. The lowest BCUT2D eigenvalue weighted by Gasteiger charge is -2.49. The summed E-state index contributed by atoms with van der Waals surface area (Å²) in [6.07, 6.45) is 2.45. The van der Waals surface area contributed by atoms with Gasteiger partial charge < -0.3 is 5.11 Å². The van der Waals surface area contributed by atoms with Crippen LogP contribution in [0.2, 0.25) is 10.0 Å². The minimum atomic E-state index is -1.36. The minimum Gasteiger partial charge on any atom is -0.508 e. The van der Waals surface area contributed by atoms with E-state index >= 15 is 9.59 Å². The Morgan fingerprint density at radius 3 is 2.44 bits per heavy atom. The lowest BCUT2D eigenvalue weighted by Crippen LogP contribution is -2.49. The summed E-state index contributed by atoms with van der Waals surface area (Å²) in [7, 11) is 1.72. The highest BCUT2D eigenvalue weighted by atomic mass is 35.5. The van der Waals surface area contributed by atoms with Gasteiger partial charge in [0.1, 0.15) is 17.3 Å². The van der Waals surface area contributed by atoms with Crippen molar-refractivity contribution in [2.75, 3.05) is 9.80 Å². The average molecular weight is 816 g/mol. The molecule has 286 valence electrons. The molecule has 9 nitrogen and oxygen atoms in total. The molecular weight excluding hydrogens is 779 g/mol. The normalized spacial score (nSPS) is 25.7. The van der Waals surface area contributed by atoms with E-state index < -0.39 is 46.8 Å². The molecule has 2 saturated heterocycles. The maximum absolute atomic E-state index is 15.4. The maximum Gasteiger partial charge on any atom is 0.242 e. The Kier molecular flexibility index (Phi) is 7.98. The number of phenols is 1. The Labute approximate surface area is 342 Å². The summed E-state index contributed by atoms with van der Waals surface area (Å²) in [5.41, 5.74) is 2.81. The van der Waals surface area contributed by atoms with Crippen molar-refractivity contribution in [3.05, 3.63) is 117 Å². The average Bonchev–Trinajstić information content (AvgIpc) is 3.86. The van der Waals surface area contributed by atoms with Crippen molar-refractivity contribution in [2.45, 2.75) is 39.5 Å². The lowest BCUT2D eigenvalue weighted by atomic mass is 9.51. The van der Waals surface area contributed by atoms with E-state index in [4.69, 9.17) is 28.3 Å². The number of carbonyl (C=O) groups excluding carboxylic acids is 4. The van der Waals surface area contributed by atoms with Crippen LogP contribution in [0.25, 0.3) is 31.4 Å². The number of anilines is 2. The fraction of sp³-hybridized carbons (Fsp3) is 0.267. The van der Waals surface area contributed by atoms with Crippen LogP contribution in [-0.2, 0) is 26.2 Å². The quantitative estimate of drug-likeness (QED) is 0.140. The summed E-state index contributed by atoms with van der Waals surface area (Å²) in [5, 5.41) is 20.3. The summed E-state index contributed by atoms with van der Waals surface area (Å²) in [5.74, 6) is -4.80. The molecule has 2 aliphatic carbocycles. The van der Waals surface area contributed by atoms with Gasteiger partial charge in [-0.2, -0.15) is 5.10 Å². The van der Waals surface area contributed by atoms with E-state index in [1.165, 1.54) is 9.80 Å². The molecule has 6 aromatic rings. The number of hydrogen-bond donors (Lipinski definition) is 1. The number of benzene rings is 4. The number of nitrogens with zero attached hydrogens (tertiary/aromatic N) is 4. The standard InChI is InChI=1S/C45H36Cl2N4O5S/c1-21-9-12-25(18-32(21)47)50-41(53)28-14-13-27-30(37(28)43(50)55)19-31-42(54)51(36-20-33(48-49(36)4)40-22(2)29-17-24(46)11-16-35(29)57-40)44(56)45(31,3)39(27)38-26-8-6-5-7-23(26)10-15-34(38)52/h5-13,15-18,20,28,30-31,37,39,52H,14,19H2,1-4H3. The zero-order valence-corrected chi connectivity index (χ0v) is 33.7. The van der Waals surface area contributed by atoms with Gasteiger partial charge in [-0.1, -0.05) is 71.2 Å². The van der Waals surface area contributed by atoms with Gasteiger partial charge in [-0.05, 0) is 103 Å². The van der Waals surface area contributed by atoms with E-state index in [0.29, 0.717) is 32.8 Å². The van der Waals surface area contributed by atoms with Crippen molar-refractivity contribution in [1.29, 1.82) is 0 Å². The highest BCUT2D eigenvalue weighted by Gasteiger charge is 2.68. The molecule has 4 aliphatic rings. The second-order valence-electron chi connectivity index (χ2n) is 16.0. The van der Waals surface area contributed by atoms with Crippen LogP contribution in [0.15, 0.2) is 90.5 Å². The van der Waals surface area contributed by atoms with E-state index in [0.717, 1.165) is 42.4 Å². The number of carbonyl (C=O) groups is 4. The first-order chi connectivity index (χ1) is 27.3. The van der Waals surface area contributed by atoms with Gasteiger partial charge in [0.05, 0.1) is 33.7 Å². The van der Waals surface area contributed by atoms with E-state index in [1.807, 2.05) is 75.4 Å². The predicted octanol–water partition coefficient (Wildman–Crippen LogP) is 9.52. The van der Waals surface area contributed by atoms with Crippen LogP contribution < -0.4 is 9.80 Å². The van der Waals surface area contributed by atoms with Crippen molar-refractivity contribution < 1.29 is 24.3 Å². The van der Waals surface area contributed by atoms with Gasteiger partial charge in [0.2, 0.25) is 23.6 Å². The molecule has 0 bridgehead atoms. The number of phenolic OH excluding ortho intramolecular Hbond substituents is 1. The van der Waals surface area contributed by atoms with E-state index in [2.05, 4.69) is 0 Å². The number of fused-ring (bicyclic) bond motifs is 6. The third kappa shape index (κ3) is 4.96. The fourth-order valence-corrected chi connectivity index (χ4v) is 11.8. The van der Waals surface area contributed by atoms with Crippen LogP contribution in [0.4, 0.5) is 11.5 Å². The van der Waals surface area contributed by atoms with Gasteiger partial charge >= 0.3 is 0 Å². The molecule has 1 N–H and O–H groups in total. The minimum absolute atomic E-state index is 0.00560. The summed E-state index contributed by atoms with van der Waals surface area (Å²) < 4.78 is 2.61. The van der Waals surface area contributed by atoms with Crippen LogP contribution >= 0.6 is 34.5 Å². The van der Waals surface area contributed by atoms with Crippen molar-refractivity contribution in [1.82, 2.24) is 9.78 Å². The van der Waals surface area contributed by atoms with Crippen LogP contribution in [0, 0.1) is 42.9 Å². The number of imide groups is 2. The molecule has 10 rings (SSSR count). The molecule has 3 fully saturated rings. The number of aromatic hydroxyl groups is 1. The van der Waals surface area contributed by atoms with Gasteiger partial charge in [-0.15, -0.1) is 11.3 Å². The number of amides is 4. The van der Waals surface area contributed by atoms with Crippen molar-refractivity contribution >= 4 is 90.5 Å². The first-order valence-corrected chi connectivity index (χ1v) is 20.5. The van der Waals surface area contributed by atoms with Gasteiger partial charge in [-0.25, -0.2) is 9.80 Å². The summed E-state index contributed by atoms with van der Waals surface area (Å²) in [4.78, 5) is 62.6. The lowest BCUT2D eigenvalue weighted by molar-refractivity contribution is -0.131. The van der Waals surface area contributed by atoms with Gasteiger partial charge in [0, 0.05) is 39.3 Å². The molecule has 2 aliphatic heterocycles. The predicted molar refractivity (Wildman–Crippen MR) is 223 cm³/mol. The van der Waals surface area contributed by atoms with Crippen LogP contribution in [0.1, 0.15) is 42.4 Å². The van der Waals surface area contributed by atoms with Gasteiger partial charge in [-0.3, -0.25) is 23.9 Å². The summed E-state index contributed by atoms with van der Waals surface area (Å²) in [6.45, 7) is 5.69. The Balaban J connectivity index is 1.12. The molecule has 4 heterocycles. The Morgan fingerprint density at radius 2 is 1.65 bits per heavy atom. The molecule has 2 aromatic heterocycles. The van der Waals surface area contributed by atoms with Crippen LogP contribution in [-0.4, -0.2) is 38.5 Å². The zero-order chi connectivity index (χ0) is 39.8. The number of rotatable bonds is 4. The van der Waals surface area contributed by atoms with Crippen molar-refractivity contribution in [3.8, 4) is 16.3 Å². The SMILES string of the molecule is Cc1ccc(N2C(=O)C3CC=C4C(CC5C(=O)N(c6cc(-c7sc8ccc(Cl)cc8c7C)nn6C)C(=O)C5(C)C4c4c(O)ccc5ccccc45)C3C2=O)cc1Cl. The second-order valence-corrected chi connectivity index (χ2v) is 17.9. The number of halogens is 2. The van der Waals surface area contributed by atoms with E-state index in [1.54, 1.807) is 53.4 Å². The second kappa shape index (κ2) is 12.6. The van der Waals surface area contributed by atoms with E-state index in [-0.39, 0.29) is 30.4 Å². The topological polar surface area (TPSA) is 113 Å². The highest BCUT2D eigenvalue weighted by Crippen LogP contribution is 2.65. The Hall–Kier alpha value is -5.29. The molecule has 4 aromatic carbocycles. The molecule has 0 radical (unpaired) electrons. The zero-order valence-electron chi connectivity index (χ0n) is 31.4. The third-order valence-corrected chi connectivity index (χ3v) is 15.1. The molecule has 6 unspecified atom stereocenters. The Bertz CT molecular complexity index is 2840. The largest absolute Gasteiger partial charge is 0.508 e. The number of allylic oxidation sites excluding steroid dienone is 2. The summed E-state index contributed by atoms with van der Waals surface area (Å²) >= 11 is 14.4. The van der Waals surface area contributed by atoms with Crippen molar-refractivity contribution in [2.24, 2.45) is 36.1 Å². The Morgan fingerprint density at radius 1 is 0.860 bits per heavy atom. The van der Waals surface area contributed by atoms with Crippen LogP contribution in [0.5, 0.6) is 5.75 Å². The molecular formula is C45H36Cl2N4O5S. The molecule has 57 heavy (non-hydrogen) atoms. The molecule has 1 saturated carbocycles. The molecule has 12 heteroatoms. The molecule has 0 spiro atoms. The van der Waals surface area contributed by atoms with Crippen LogP contribution in [0.3, 0.4) is 0 Å². The first kappa shape index (κ1) is 36.1. The van der Waals surface area contributed by atoms with E-state index in [9.17, 15) is 14.7 Å². The fourth-order valence-electron chi connectivity index (χ4n) is 10.3. The van der Waals surface area contributed by atoms with Gasteiger partial charge in [0.25, 0.3) is 0 Å². The highest BCUT2D eigenvalue weighted by molar-refractivity contribution is 7.22. The van der Waals surface area contributed by atoms with Crippen molar-refractivity contribution in [3.63, 3.8) is 0 Å². The third-order valence-electron chi connectivity index (χ3n) is 13.1. The molecule has 4 amide bonds. The smallest absolute Gasteiger partial charge is 0.242 e. The first-order valence-electron chi connectivity index (χ1n) is 19.0. The summed E-state index contributed by atoms with van der Waals surface area (Å²) in [6, 6.07) is 23.8. The number of aryl methyl sites for hydroxylation is 3. The number of thiophene rings is 1. The molecule has 6 atom stereocenters. The monoisotopic (exact) mass is 814 g/mol. The number of hydrogen-bond acceptors (Lipinski definition) is 7. The number of aromatic nitrogens is 2. The van der Waals surface area contributed by atoms with Gasteiger partial charge in [0.15, 0.2) is 0 Å².